The second-order valence-corrected chi connectivity index (χ2v) is 10.6. The van der Waals surface area contributed by atoms with E-state index in [9.17, 15) is 12.8 Å². The van der Waals surface area contributed by atoms with Crippen molar-refractivity contribution in [2.75, 3.05) is 10.0 Å². The van der Waals surface area contributed by atoms with Crippen molar-refractivity contribution in [3.05, 3.63) is 59.9 Å². The molecule has 0 aliphatic heterocycles. The van der Waals surface area contributed by atoms with Crippen LogP contribution in [0.1, 0.15) is 26.3 Å². The van der Waals surface area contributed by atoms with E-state index in [1.54, 1.807) is 45.0 Å². The smallest absolute Gasteiger partial charge is 0.237 e. The first-order valence-corrected chi connectivity index (χ1v) is 10.9. The Labute approximate surface area is 167 Å². The monoisotopic (exact) mass is 420 g/mol. The summed E-state index contributed by atoms with van der Waals surface area (Å²) in [6.45, 7) is 5.46. The van der Waals surface area contributed by atoms with Crippen LogP contribution >= 0.6 is 11.3 Å². The zero-order chi connectivity index (χ0) is 20.4. The van der Waals surface area contributed by atoms with E-state index in [1.165, 1.54) is 23.5 Å². The molecule has 3 aromatic rings. The summed E-state index contributed by atoms with van der Waals surface area (Å²) in [4.78, 5) is 0. The normalized spacial score (nSPS) is 12.0. The van der Waals surface area contributed by atoms with E-state index in [4.69, 9.17) is 0 Å². The Bertz CT molecular complexity index is 1040. The third kappa shape index (κ3) is 4.85. The highest BCUT2D eigenvalue weighted by Crippen LogP contribution is 2.27. The molecule has 0 fully saturated rings. The average Bonchev–Trinajstić information content (AvgIpc) is 3.09. The van der Waals surface area contributed by atoms with Gasteiger partial charge < -0.3 is 5.32 Å². The van der Waals surface area contributed by atoms with Crippen LogP contribution in [0.15, 0.2) is 48.5 Å². The predicted molar refractivity (Wildman–Crippen MR) is 111 cm³/mol. The third-order valence-electron chi connectivity index (χ3n) is 3.97. The van der Waals surface area contributed by atoms with E-state index in [2.05, 4.69) is 20.2 Å². The highest BCUT2D eigenvalue weighted by molar-refractivity contribution is 7.94. The highest BCUT2D eigenvalue weighted by atomic mass is 32.2. The first-order valence-electron chi connectivity index (χ1n) is 8.59. The van der Waals surface area contributed by atoms with E-state index in [-0.39, 0.29) is 5.82 Å². The first-order chi connectivity index (χ1) is 13.1. The molecule has 2 N–H and O–H groups in total. The van der Waals surface area contributed by atoms with Gasteiger partial charge in [-0.05, 0) is 62.7 Å². The molecule has 2 aromatic carbocycles. The fourth-order valence-corrected chi connectivity index (χ4v) is 3.68. The van der Waals surface area contributed by atoms with E-state index in [0.29, 0.717) is 22.4 Å². The number of nitrogens with one attached hydrogen (secondary N) is 2. The number of benzene rings is 2. The number of aromatic nitrogens is 2. The molecule has 6 nitrogen and oxygen atoms in total. The summed E-state index contributed by atoms with van der Waals surface area (Å²) in [5, 5.41) is 12.7. The Morgan fingerprint density at radius 3 is 2.25 bits per heavy atom. The Morgan fingerprint density at radius 1 is 1.00 bits per heavy atom. The molecule has 9 heteroatoms. The van der Waals surface area contributed by atoms with Crippen molar-refractivity contribution in [1.29, 1.82) is 0 Å². The van der Waals surface area contributed by atoms with Gasteiger partial charge in [0.2, 0.25) is 15.2 Å². The van der Waals surface area contributed by atoms with Gasteiger partial charge in [0.25, 0.3) is 0 Å². The molecule has 0 spiro atoms. The van der Waals surface area contributed by atoms with Gasteiger partial charge in [-0.25, -0.2) is 12.8 Å². The van der Waals surface area contributed by atoms with Gasteiger partial charge in [-0.1, -0.05) is 23.5 Å². The molecule has 0 aliphatic rings. The molecule has 148 valence electrons. The molecule has 0 bridgehead atoms. The van der Waals surface area contributed by atoms with Crippen LogP contribution in [-0.4, -0.2) is 23.4 Å². The number of hydrogen-bond donors (Lipinski definition) is 2. The van der Waals surface area contributed by atoms with Crippen LogP contribution in [-0.2, 0) is 16.6 Å². The zero-order valence-electron chi connectivity index (χ0n) is 15.7. The fourth-order valence-electron chi connectivity index (χ4n) is 2.18. The van der Waals surface area contributed by atoms with Gasteiger partial charge in [0.05, 0.1) is 4.75 Å². The number of halogens is 1. The summed E-state index contributed by atoms with van der Waals surface area (Å²) < 4.78 is 39.1. The SMILES string of the molecule is CC(C)(C)S(=O)(=O)Nc1ccc(CNc2nnc(-c3ccc(F)cc3)s2)cc1. The van der Waals surface area contributed by atoms with E-state index in [1.807, 2.05) is 12.1 Å². The first kappa shape index (κ1) is 20.2. The molecule has 0 saturated heterocycles. The molecule has 1 aromatic heterocycles. The lowest BCUT2D eigenvalue weighted by atomic mass is 10.2. The average molecular weight is 421 g/mol. The molecule has 0 unspecified atom stereocenters. The number of hydrogen-bond acceptors (Lipinski definition) is 6. The summed E-state index contributed by atoms with van der Waals surface area (Å²) in [5.74, 6) is -0.292. The lowest BCUT2D eigenvalue weighted by molar-refractivity contribution is 0.566. The standard InChI is InChI=1S/C19H21FN4O2S2/c1-19(2,3)28(25,26)24-16-10-4-13(5-11-16)12-21-18-23-22-17(27-18)14-6-8-15(20)9-7-14/h4-11,24H,12H2,1-3H3,(H,21,23). The molecule has 0 aliphatic carbocycles. The van der Waals surface area contributed by atoms with Crippen LogP contribution in [0, 0.1) is 5.82 Å². The van der Waals surface area contributed by atoms with E-state index < -0.39 is 14.8 Å². The minimum absolute atomic E-state index is 0.292. The molecular weight excluding hydrogens is 399 g/mol. The van der Waals surface area contributed by atoms with Gasteiger partial charge >= 0.3 is 0 Å². The molecular formula is C19H21FN4O2S2. The summed E-state index contributed by atoms with van der Waals surface area (Å²) in [6, 6.07) is 13.2. The van der Waals surface area contributed by atoms with Gasteiger partial charge in [0, 0.05) is 17.8 Å². The summed E-state index contributed by atoms with van der Waals surface area (Å²) in [5.41, 5.74) is 2.30. The Kier molecular flexibility index (Phi) is 5.66. The fraction of sp³-hybridized carbons (Fsp3) is 0.263. The van der Waals surface area contributed by atoms with Crippen molar-refractivity contribution < 1.29 is 12.8 Å². The van der Waals surface area contributed by atoms with Gasteiger partial charge in [0.15, 0.2) is 0 Å². The van der Waals surface area contributed by atoms with Crippen molar-refractivity contribution in [3.63, 3.8) is 0 Å². The largest absolute Gasteiger partial charge is 0.356 e. The minimum Gasteiger partial charge on any atom is -0.356 e. The van der Waals surface area contributed by atoms with Crippen molar-refractivity contribution in [2.45, 2.75) is 32.1 Å². The van der Waals surface area contributed by atoms with Crippen LogP contribution in [0.25, 0.3) is 10.6 Å². The topological polar surface area (TPSA) is 84.0 Å². The number of rotatable bonds is 6. The maximum atomic E-state index is 13.0. The van der Waals surface area contributed by atoms with Gasteiger partial charge in [-0.2, -0.15) is 0 Å². The van der Waals surface area contributed by atoms with Crippen molar-refractivity contribution in [1.82, 2.24) is 10.2 Å². The maximum Gasteiger partial charge on any atom is 0.237 e. The minimum atomic E-state index is -3.45. The van der Waals surface area contributed by atoms with Crippen LogP contribution in [0.5, 0.6) is 0 Å². The number of nitrogens with zero attached hydrogens (tertiary/aromatic N) is 2. The lowest BCUT2D eigenvalue weighted by Gasteiger charge is -2.20. The van der Waals surface area contributed by atoms with E-state index >= 15 is 0 Å². The van der Waals surface area contributed by atoms with Gasteiger partial charge in [-0.15, -0.1) is 10.2 Å². The summed E-state index contributed by atoms with van der Waals surface area (Å²) in [7, 11) is -3.45. The van der Waals surface area contributed by atoms with E-state index in [0.717, 1.165) is 11.1 Å². The zero-order valence-corrected chi connectivity index (χ0v) is 17.4. The molecule has 0 radical (unpaired) electrons. The molecule has 1 heterocycles. The Morgan fingerprint density at radius 2 is 1.64 bits per heavy atom. The maximum absolute atomic E-state index is 13.0. The van der Waals surface area contributed by atoms with Crippen LogP contribution in [0.4, 0.5) is 15.2 Å². The number of sulfonamides is 1. The Hall–Kier alpha value is -2.52. The Balaban J connectivity index is 1.60. The summed E-state index contributed by atoms with van der Waals surface area (Å²) in [6.07, 6.45) is 0. The third-order valence-corrected chi connectivity index (χ3v) is 7.02. The number of anilines is 2. The van der Waals surface area contributed by atoms with Crippen molar-refractivity contribution in [2.24, 2.45) is 0 Å². The lowest BCUT2D eigenvalue weighted by Crippen LogP contribution is -2.33. The highest BCUT2D eigenvalue weighted by Gasteiger charge is 2.28. The van der Waals surface area contributed by atoms with Crippen LogP contribution in [0.2, 0.25) is 0 Å². The second kappa shape index (κ2) is 7.84. The molecule has 28 heavy (non-hydrogen) atoms. The molecule has 0 saturated carbocycles. The molecule has 0 amide bonds. The molecule has 0 atom stereocenters. The van der Waals surface area contributed by atoms with Crippen LogP contribution < -0.4 is 10.0 Å². The van der Waals surface area contributed by atoms with Crippen molar-refractivity contribution >= 4 is 32.2 Å². The van der Waals surface area contributed by atoms with Gasteiger partial charge in [0.1, 0.15) is 10.8 Å². The van der Waals surface area contributed by atoms with Crippen LogP contribution in [0.3, 0.4) is 0 Å². The predicted octanol–water partition coefficient (Wildman–Crippen LogP) is 4.50. The second-order valence-electron chi connectivity index (χ2n) is 7.19. The van der Waals surface area contributed by atoms with Crippen molar-refractivity contribution in [3.8, 4) is 10.6 Å². The van der Waals surface area contributed by atoms with Gasteiger partial charge in [-0.3, -0.25) is 4.72 Å². The summed E-state index contributed by atoms with van der Waals surface area (Å²) >= 11 is 1.38. The molecule has 3 rings (SSSR count). The quantitative estimate of drug-likeness (QED) is 0.614.